The fraction of sp³-hybridized carbons (Fsp3) is 0.455. The van der Waals surface area contributed by atoms with Crippen LogP contribution in [-0.4, -0.2) is 35.3 Å². The van der Waals surface area contributed by atoms with Crippen molar-refractivity contribution in [1.82, 2.24) is 0 Å². The number of methoxy groups -OCH3 is 1. The molecule has 0 saturated heterocycles. The molecule has 258 valence electrons. The molecule has 0 radical (unpaired) electrons. The Bertz CT molecular complexity index is 1460. The summed E-state index contributed by atoms with van der Waals surface area (Å²) in [5, 5.41) is 0. The van der Waals surface area contributed by atoms with Crippen molar-refractivity contribution in [3.05, 3.63) is 126 Å². The number of anilines is 2. The van der Waals surface area contributed by atoms with Gasteiger partial charge in [0.25, 0.3) is 0 Å². The molecule has 0 atom stereocenters. The third-order valence-corrected chi connectivity index (χ3v) is 9.10. The summed E-state index contributed by atoms with van der Waals surface area (Å²) in [6.45, 7) is 28.3. The van der Waals surface area contributed by atoms with E-state index in [1.807, 2.05) is 71.7 Å². The zero-order chi connectivity index (χ0) is 35.7. The summed E-state index contributed by atoms with van der Waals surface area (Å²) in [6.07, 6.45) is 9.31. The molecule has 3 aromatic carbocycles. The van der Waals surface area contributed by atoms with Crippen molar-refractivity contribution in [2.75, 3.05) is 45.1 Å². The maximum absolute atomic E-state index is 6.06. The predicted molar refractivity (Wildman–Crippen MR) is 208 cm³/mol. The predicted octanol–water partition coefficient (Wildman–Crippen LogP) is 11.3. The van der Waals surface area contributed by atoms with Crippen LogP contribution in [0, 0.1) is 32.3 Å². The Hall–Kier alpha value is -2.62. The van der Waals surface area contributed by atoms with Gasteiger partial charge in [0.15, 0.2) is 0 Å². The van der Waals surface area contributed by atoms with Crippen molar-refractivity contribution in [2.45, 2.75) is 92.4 Å². The van der Waals surface area contributed by atoms with Crippen molar-refractivity contribution >= 4 is 11.4 Å². The maximum atomic E-state index is 6.06. The average Bonchev–Trinajstić information content (AvgIpc) is 3.50. The molecule has 0 fully saturated rings. The second-order valence-corrected chi connectivity index (χ2v) is 15.2. The molecule has 0 heterocycles. The van der Waals surface area contributed by atoms with Crippen LogP contribution in [0.15, 0.2) is 77.9 Å². The first-order chi connectivity index (χ1) is 21.8. The first kappa shape index (κ1) is 43.4. The maximum Gasteiger partial charge on any atom is 3.00 e. The number of allylic oxidation sites excluding steroid dienone is 4. The number of hydrogen-bond acceptors (Lipinski definition) is 3. The van der Waals surface area contributed by atoms with Gasteiger partial charge in [-0.25, -0.2) is 17.7 Å². The number of aryl methyl sites for hydroxylation is 1. The molecule has 48 heavy (non-hydrogen) atoms. The molecule has 4 rings (SSSR count). The molecule has 0 aliphatic heterocycles. The Morgan fingerprint density at radius 2 is 1.17 bits per heavy atom. The Labute approximate surface area is 321 Å². The van der Waals surface area contributed by atoms with E-state index in [0.29, 0.717) is 0 Å². The van der Waals surface area contributed by atoms with Crippen LogP contribution in [0.1, 0.15) is 102 Å². The topological polar surface area (TPSA) is 15.7 Å². The van der Waals surface area contributed by atoms with E-state index in [4.69, 9.17) is 4.74 Å². The van der Waals surface area contributed by atoms with Gasteiger partial charge >= 0.3 is 32.7 Å². The Morgan fingerprint density at radius 1 is 0.729 bits per heavy atom. The van der Waals surface area contributed by atoms with Crippen LogP contribution in [0.25, 0.3) is 0 Å². The van der Waals surface area contributed by atoms with E-state index in [1.54, 1.807) is 0 Å². The molecular formula is C44H63N2OY. The van der Waals surface area contributed by atoms with Gasteiger partial charge in [-0.3, -0.25) is 0 Å². The standard InChI is InChI=1S/C26H39O.2C9H12N.Y/c1-11-26(12-2,20-14-13-19(17-20)24(4,5)6)22-16-18(3)15-21(23(22)27-10)25(7,8)9;2*1-8-6-4-5-7-9(8)10(2)3;/h13,15-16H,11-12,14H2,1-10H3;2*4-7H,1H2,2-3H3;/q3*-1;+3. The fourth-order valence-electron chi connectivity index (χ4n) is 6.30. The number of nitrogens with zero attached hydrogens (tertiary/aromatic N) is 2. The molecule has 0 amide bonds. The van der Waals surface area contributed by atoms with Crippen LogP contribution in [0.3, 0.4) is 0 Å². The van der Waals surface area contributed by atoms with Gasteiger partial charge in [-0.1, -0.05) is 115 Å². The van der Waals surface area contributed by atoms with Crippen molar-refractivity contribution < 1.29 is 37.4 Å². The van der Waals surface area contributed by atoms with E-state index < -0.39 is 0 Å². The summed E-state index contributed by atoms with van der Waals surface area (Å²) in [6, 6.07) is 20.8. The molecule has 1 aliphatic carbocycles. The van der Waals surface area contributed by atoms with E-state index in [-0.39, 0.29) is 49.0 Å². The molecule has 3 aromatic rings. The zero-order valence-corrected chi connectivity index (χ0v) is 35.6. The molecule has 0 aromatic heterocycles. The first-order valence-corrected chi connectivity index (χ1v) is 17.0. The number of hydrogen-bond donors (Lipinski definition) is 0. The molecule has 1 aliphatic rings. The molecule has 0 spiro atoms. The Balaban J connectivity index is 0.000000446. The Morgan fingerprint density at radius 3 is 1.48 bits per heavy atom. The van der Waals surface area contributed by atoms with Crippen molar-refractivity contribution in [3.63, 3.8) is 0 Å². The van der Waals surface area contributed by atoms with Gasteiger partial charge in [-0.2, -0.15) is 42.7 Å². The SMILES string of the molecule is CCC(CC)(C1=[C-]C(C(C)(C)C)=CC1)c1cc(C)cc(C(C)(C)C)c1OC.[CH2-]c1ccccc1N(C)C.[CH2-]c1ccccc1N(C)C.[Y+3]. The largest absolute Gasteiger partial charge is 3.00 e. The van der Waals surface area contributed by atoms with Crippen molar-refractivity contribution in [1.29, 1.82) is 0 Å². The normalized spacial score (nSPS) is 12.7. The smallest absolute Gasteiger partial charge is 0.496 e. The van der Waals surface area contributed by atoms with Crippen LogP contribution >= 0.6 is 0 Å². The first-order valence-electron chi connectivity index (χ1n) is 17.0. The summed E-state index contributed by atoms with van der Waals surface area (Å²) in [5.41, 5.74) is 11.4. The van der Waals surface area contributed by atoms with E-state index >= 15 is 0 Å². The van der Waals surface area contributed by atoms with Gasteiger partial charge in [-0.15, -0.1) is 12.1 Å². The van der Waals surface area contributed by atoms with Crippen LogP contribution in [-0.2, 0) is 43.5 Å². The number of rotatable bonds is 7. The molecular weight excluding hydrogens is 661 g/mol. The van der Waals surface area contributed by atoms with Crippen LogP contribution in [0.2, 0.25) is 0 Å². The number of para-hydroxylation sites is 2. The Kier molecular flexibility index (Phi) is 16.6. The van der Waals surface area contributed by atoms with E-state index in [1.165, 1.54) is 39.2 Å². The number of ether oxygens (including phenoxy) is 1. The van der Waals surface area contributed by atoms with Gasteiger partial charge < -0.3 is 14.5 Å². The monoisotopic (exact) mass is 724 g/mol. The second-order valence-electron chi connectivity index (χ2n) is 15.2. The zero-order valence-electron chi connectivity index (χ0n) is 32.8. The third-order valence-electron chi connectivity index (χ3n) is 9.10. The second kappa shape index (κ2) is 18.4. The molecule has 0 saturated carbocycles. The molecule has 0 bridgehead atoms. The third kappa shape index (κ3) is 10.9. The van der Waals surface area contributed by atoms with E-state index in [0.717, 1.165) is 36.1 Å². The summed E-state index contributed by atoms with van der Waals surface area (Å²) in [4.78, 5) is 4.12. The molecule has 4 heteroatoms. The van der Waals surface area contributed by atoms with Gasteiger partial charge in [0.1, 0.15) is 5.75 Å². The van der Waals surface area contributed by atoms with Gasteiger partial charge in [-0.05, 0) is 58.8 Å². The van der Waals surface area contributed by atoms with Crippen LogP contribution in [0.4, 0.5) is 11.4 Å². The summed E-state index contributed by atoms with van der Waals surface area (Å²) in [7, 11) is 9.90. The molecule has 0 unspecified atom stereocenters. The molecule has 0 N–H and O–H groups in total. The fourth-order valence-corrected chi connectivity index (χ4v) is 6.30. The summed E-state index contributed by atoms with van der Waals surface area (Å²) >= 11 is 0. The minimum atomic E-state index is -0.0269. The van der Waals surface area contributed by atoms with Gasteiger partial charge in [0.05, 0.1) is 7.11 Å². The van der Waals surface area contributed by atoms with Gasteiger partial charge in [0.2, 0.25) is 0 Å². The van der Waals surface area contributed by atoms with Crippen LogP contribution < -0.4 is 14.5 Å². The quantitative estimate of drug-likeness (QED) is 0.226. The van der Waals surface area contributed by atoms with E-state index in [2.05, 4.69) is 122 Å². The van der Waals surface area contributed by atoms with Gasteiger partial charge in [0, 0.05) is 16.5 Å². The minimum absolute atomic E-state index is 0. The summed E-state index contributed by atoms with van der Waals surface area (Å²) < 4.78 is 6.06. The van der Waals surface area contributed by atoms with Crippen LogP contribution in [0.5, 0.6) is 5.75 Å². The molecule has 3 nitrogen and oxygen atoms in total. The number of benzene rings is 3. The average molecular weight is 725 g/mol. The minimum Gasteiger partial charge on any atom is -0.496 e. The van der Waals surface area contributed by atoms with Crippen molar-refractivity contribution in [2.24, 2.45) is 5.41 Å². The van der Waals surface area contributed by atoms with E-state index in [9.17, 15) is 0 Å². The summed E-state index contributed by atoms with van der Waals surface area (Å²) in [5.74, 6) is 1.07. The van der Waals surface area contributed by atoms with Crippen molar-refractivity contribution in [3.8, 4) is 5.75 Å².